The molecule has 0 unspecified atom stereocenters. The number of rotatable bonds is 3. The summed E-state index contributed by atoms with van der Waals surface area (Å²) in [6, 6.07) is 0. The highest BCUT2D eigenvalue weighted by Gasteiger charge is 1.90. The number of aliphatic hydroxyl groups is 2. The largest absolute Gasteiger partial charge is 0.513 e. The second-order valence-electron chi connectivity index (χ2n) is 2.69. The monoisotopic (exact) mass is 168 g/mol. The van der Waals surface area contributed by atoms with E-state index in [0.717, 1.165) is 12.0 Å². The number of hydrogen-bond acceptors (Lipinski definition) is 2. The zero-order valence-corrected chi connectivity index (χ0v) is 7.83. The molecule has 0 aromatic rings. The van der Waals surface area contributed by atoms with Crippen molar-refractivity contribution in [1.29, 1.82) is 0 Å². The van der Waals surface area contributed by atoms with Crippen molar-refractivity contribution in [3.05, 3.63) is 35.3 Å². The Morgan fingerprint density at radius 2 is 1.83 bits per heavy atom. The average Bonchev–Trinajstić information content (AvgIpc) is 2.02. The maximum Gasteiger partial charge on any atom is 0.114 e. The number of hydrogen-bond donors (Lipinski definition) is 2. The van der Waals surface area contributed by atoms with E-state index in [4.69, 9.17) is 5.11 Å². The zero-order valence-electron chi connectivity index (χ0n) is 7.83. The fraction of sp³-hybridized carbons (Fsp3) is 0.400. The summed E-state index contributed by atoms with van der Waals surface area (Å²) in [6.07, 6.45) is 5.54. The van der Waals surface area contributed by atoms with Gasteiger partial charge in [-0.15, -0.1) is 0 Å². The normalized spacial score (nSPS) is 15.1. The van der Waals surface area contributed by atoms with E-state index in [1.807, 2.05) is 13.8 Å². The third-order valence-electron chi connectivity index (χ3n) is 1.56. The summed E-state index contributed by atoms with van der Waals surface area (Å²) in [5.41, 5.74) is 0.940. The van der Waals surface area contributed by atoms with Crippen LogP contribution in [0.4, 0.5) is 0 Å². The fourth-order valence-corrected chi connectivity index (χ4v) is 0.602. The molecule has 0 amide bonds. The lowest BCUT2D eigenvalue weighted by Crippen LogP contribution is -1.81. The Labute approximate surface area is 73.5 Å². The van der Waals surface area contributed by atoms with Gasteiger partial charge in [-0.3, -0.25) is 0 Å². The van der Waals surface area contributed by atoms with E-state index in [9.17, 15) is 5.11 Å². The van der Waals surface area contributed by atoms with Gasteiger partial charge in [0, 0.05) is 0 Å². The second kappa shape index (κ2) is 5.47. The molecule has 0 aliphatic heterocycles. The molecule has 12 heavy (non-hydrogen) atoms. The van der Waals surface area contributed by atoms with Gasteiger partial charge in [-0.05, 0) is 38.0 Å². The van der Waals surface area contributed by atoms with Crippen LogP contribution in [-0.4, -0.2) is 10.2 Å². The van der Waals surface area contributed by atoms with Crippen molar-refractivity contribution >= 4 is 0 Å². The summed E-state index contributed by atoms with van der Waals surface area (Å²) < 4.78 is 0. The number of aliphatic hydroxyl groups excluding tert-OH is 2. The lowest BCUT2D eigenvalue weighted by Gasteiger charge is -1.96. The summed E-state index contributed by atoms with van der Waals surface area (Å²) in [5.74, 6) is 0.503. The topological polar surface area (TPSA) is 40.5 Å². The van der Waals surface area contributed by atoms with Gasteiger partial charge >= 0.3 is 0 Å². The quantitative estimate of drug-likeness (QED) is 0.501. The Morgan fingerprint density at radius 3 is 2.25 bits per heavy atom. The van der Waals surface area contributed by atoms with Crippen LogP contribution < -0.4 is 0 Å². The van der Waals surface area contributed by atoms with Crippen molar-refractivity contribution in [3.8, 4) is 0 Å². The Balaban J connectivity index is 4.27. The van der Waals surface area contributed by atoms with Gasteiger partial charge in [0.1, 0.15) is 5.76 Å². The van der Waals surface area contributed by atoms with Crippen LogP contribution in [0.2, 0.25) is 0 Å². The van der Waals surface area contributed by atoms with E-state index < -0.39 is 0 Å². The van der Waals surface area contributed by atoms with Crippen molar-refractivity contribution in [3.63, 3.8) is 0 Å². The Hall–Kier alpha value is -1.18. The van der Waals surface area contributed by atoms with E-state index in [0.29, 0.717) is 0 Å². The van der Waals surface area contributed by atoms with Crippen LogP contribution in [0.3, 0.4) is 0 Å². The lowest BCUT2D eigenvalue weighted by atomic mass is 10.2. The molecule has 0 radical (unpaired) electrons. The molecule has 2 heteroatoms. The highest BCUT2D eigenvalue weighted by molar-refractivity contribution is 5.21. The van der Waals surface area contributed by atoms with Gasteiger partial charge < -0.3 is 10.2 Å². The summed E-state index contributed by atoms with van der Waals surface area (Å²) >= 11 is 0. The minimum Gasteiger partial charge on any atom is -0.513 e. The Kier molecular flexibility index (Phi) is 4.93. The summed E-state index contributed by atoms with van der Waals surface area (Å²) in [6.45, 7) is 5.43. The van der Waals surface area contributed by atoms with Crippen molar-refractivity contribution in [2.45, 2.75) is 27.2 Å². The van der Waals surface area contributed by atoms with Gasteiger partial charge in [0.05, 0.1) is 5.76 Å². The molecule has 0 fully saturated rings. The molecule has 0 aromatic carbocycles. The molecule has 0 aliphatic carbocycles. The Bertz CT molecular complexity index is 218. The SMILES string of the molecule is CC/C(C)=C(O)/C=C\C=C(/C)O. The highest BCUT2D eigenvalue weighted by Crippen LogP contribution is 2.05. The fourth-order valence-electron chi connectivity index (χ4n) is 0.602. The van der Waals surface area contributed by atoms with Crippen LogP contribution in [0.1, 0.15) is 27.2 Å². The molecule has 0 bridgehead atoms. The minimum absolute atomic E-state index is 0.230. The zero-order chi connectivity index (χ0) is 9.56. The molecule has 0 saturated carbocycles. The van der Waals surface area contributed by atoms with Crippen LogP contribution in [0.5, 0.6) is 0 Å². The molecule has 0 rings (SSSR count). The predicted octanol–water partition coefficient (Wildman–Crippen LogP) is 3.25. The molecular weight excluding hydrogens is 152 g/mol. The summed E-state index contributed by atoms with van der Waals surface area (Å²) in [5, 5.41) is 18.1. The van der Waals surface area contributed by atoms with E-state index >= 15 is 0 Å². The molecule has 0 heterocycles. The van der Waals surface area contributed by atoms with Crippen molar-refractivity contribution in [1.82, 2.24) is 0 Å². The third-order valence-corrected chi connectivity index (χ3v) is 1.56. The van der Waals surface area contributed by atoms with E-state index in [2.05, 4.69) is 0 Å². The first-order chi connectivity index (χ1) is 5.57. The van der Waals surface area contributed by atoms with E-state index in [-0.39, 0.29) is 11.5 Å². The number of allylic oxidation sites excluding steroid dienone is 5. The molecule has 68 valence electrons. The molecule has 0 aliphatic rings. The molecule has 0 aromatic heterocycles. The summed E-state index contributed by atoms with van der Waals surface area (Å²) in [7, 11) is 0. The van der Waals surface area contributed by atoms with E-state index in [1.165, 1.54) is 6.08 Å². The lowest BCUT2D eigenvalue weighted by molar-refractivity contribution is 0.414. The molecule has 2 N–H and O–H groups in total. The van der Waals surface area contributed by atoms with Gasteiger partial charge in [0.25, 0.3) is 0 Å². The maximum absolute atomic E-state index is 9.31. The third kappa shape index (κ3) is 4.61. The smallest absolute Gasteiger partial charge is 0.114 e. The van der Waals surface area contributed by atoms with E-state index in [1.54, 1.807) is 19.1 Å². The van der Waals surface area contributed by atoms with Crippen LogP contribution in [0.15, 0.2) is 35.3 Å². The highest BCUT2D eigenvalue weighted by atomic mass is 16.3. The molecule has 0 spiro atoms. The van der Waals surface area contributed by atoms with Gasteiger partial charge in [-0.2, -0.15) is 0 Å². The van der Waals surface area contributed by atoms with Gasteiger partial charge in [0.2, 0.25) is 0 Å². The maximum atomic E-state index is 9.31. The second-order valence-corrected chi connectivity index (χ2v) is 2.69. The van der Waals surface area contributed by atoms with Crippen LogP contribution in [0.25, 0.3) is 0 Å². The van der Waals surface area contributed by atoms with Crippen molar-refractivity contribution in [2.75, 3.05) is 0 Å². The van der Waals surface area contributed by atoms with Crippen LogP contribution in [-0.2, 0) is 0 Å². The van der Waals surface area contributed by atoms with Crippen molar-refractivity contribution < 1.29 is 10.2 Å². The van der Waals surface area contributed by atoms with Crippen LogP contribution in [0, 0.1) is 0 Å². The first-order valence-electron chi connectivity index (χ1n) is 4.00. The summed E-state index contributed by atoms with van der Waals surface area (Å²) in [4.78, 5) is 0. The average molecular weight is 168 g/mol. The molecule has 2 nitrogen and oxygen atoms in total. The van der Waals surface area contributed by atoms with Gasteiger partial charge in [-0.1, -0.05) is 13.0 Å². The Morgan fingerprint density at radius 1 is 1.25 bits per heavy atom. The molecule has 0 atom stereocenters. The minimum atomic E-state index is 0.230. The van der Waals surface area contributed by atoms with Gasteiger partial charge in [0.15, 0.2) is 0 Å². The van der Waals surface area contributed by atoms with Gasteiger partial charge in [-0.25, -0.2) is 0 Å². The first kappa shape index (κ1) is 10.8. The van der Waals surface area contributed by atoms with Crippen molar-refractivity contribution in [2.24, 2.45) is 0 Å². The first-order valence-corrected chi connectivity index (χ1v) is 4.00. The predicted molar refractivity (Wildman–Crippen MR) is 51.1 cm³/mol. The molecule has 0 saturated heterocycles. The standard InChI is InChI=1S/C10H16O2/c1-4-8(2)10(12)7-5-6-9(3)11/h5-7,11-12H,4H2,1-3H3/b7-5-,9-6+,10-8-. The molecular formula is C10H16O2. The van der Waals surface area contributed by atoms with Crippen LogP contribution >= 0.6 is 0 Å².